The monoisotopic (exact) mass is 219 g/mol. The summed E-state index contributed by atoms with van der Waals surface area (Å²) in [7, 11) is 0. The molecule has 16 heavy (non-hydrogen) atoms. The topological polar surface area (TPSA) is 51.8 Å². The third-order valence-corrected chi connectivity index (χ3v) is 3.19. The number of hydrogen-bond donors (Lipinski definition) is 1. The molecular weight excluding hydrogens is 198 g/mol. The maximum absolute atomic E-state index is 5.80. The van der Waals surface area contributed by atoms with E-state index in [1.54, 1.807) is 0 Å². The van der Waals surface area contributed by atoms with Crippen LogP contribution >= 0.6 is 0 Å². The molecule has 0 amide bonds. The van der Waals surface area contributed by atoms with Crippen molar-refractivity contribution in [3.8, 4) is 0 Å². The van der Waals surface area contributed by atoms with Crippen molar-refractivity contribution in [3.05, 3.63) is 22.8 Å². The largest absolute Gasteiger partial charge is 0.328 e. The van der Waals surface area contributed by atoms with Crippen LogP contribution < -0.4 is 5.73 Å². The van der Waals surface area contributed by atoms with E-state index in [1.165, 1.54) is 36.2 Å². The predicted octanol–water partition coefficient (Wildman–Crippen LogP) is 1.94. The fourth-order valence-corrected chi connectivity index (χ4v) is 2.40. The Bertz CT molecular complexity index is 372. The van der Waals surface area contributed by atoms with Crippen LogP contribution in [0.15, 0.2) is 0 Å². The van der Waals surface area contributed by atoms with Crippen molar-refractivity contribution in [3.63, 3.8) is 0 Å². The second-order valence-corrected chi connectivity index (χ2v) is 4.89. The van der Waals surface area contributed by atoms with Gasteiger partial charge in [-0.15, -0.1) is 0 Å². The van der Waals surface area contributed by atoms with Crippen molar-refractivity contribution in [2.24, 2.45) is 5.73 Å². The average Bonchev–Trinajstić information content (AvgIpc) is 2.41. The summed E-state index contributed by atoms with van der Waals surface area (Å²) in [4.78, 5) is 9.26. The van der Waals surface area contributed by atoms with Gasteiger partial charge in [0.25, 0.3) is 0 Å². The fourth-order valence-electron chi connectivity index (χ4n) is 2.40. The maximum Gasteiger partial charge on any atom is 0.130 e. The third-order valence-electron chi connectivity index (χ3n) is 3.19. The van der Waals surface area contributed by atoms with Crippen molar-refractivity contribution < 1.29 is 0 Å². The van der Waals surface area contributed by atoms with E-state index in [1.807, 2.05) is 6.92 Å². The standard InChI is InChI=1S/C13H21N3/c1-9(14)8-13-15-10(2)11-6-4-3-5-7-12(11)16-13/h9H,3-8,14H2,1-2H3. The normalized spacial score (nSPS) is 17.7. The molecule has 2 N–H and O–H groups in total. The van der Waals surface area contributed by atoms with Gasteiger partial charge in [-0.3, -0.25) is 0 Å². The Labute approximate surface area is 97.5 Å². The minimum atomic E-state index is 0.142. The summed E-state index contributed by atoms with van der Waals surface area (Å²) in [5, 5.41) is 0. The maximum atomic E-state index is 5.80. The van der Waals surface area contributed by atoms with Gasteiger partial charge in [-0.1, -0.05) is 6.42 Å². The van der Waals surface area contributed by atoms with E-state index in [4.69, 9.17) is 5.73 Å². The molecule has 1 unspecified atom stereocenters. The molecule has 1 aliphatic carbocycles. The van der Waals surface area contributed by atoms with Gasteiger partial charge in [-0.05, 0) is 45.1 Å². The molecule has 88 valence electrons. The fraction of sp³-hybridized carbons (Fsp3) is 0.692. The molecule has 0 aromatic carbocycles. The number of rotatable bonds is 2. The number of aromatic nitrogens is 2. The SMILES string of the molecule is Cc1nc(CC(C)N)nc2c1CCCCC2. The Morgan fingerprint density at radius 3 is 2.69 bits per heavy atom. The van der Waals surface area contributed by atoms with E-state index in [0.29, 0.717) is 0 Å². The Morgan fingerprint density at radius 2 is 1.94 bits per heavy atom. The molecule has 0 aliphatic heterocycles. The second kappa shape index (κ2) is 4.91. The molecule has 1 atom stereocenters. The van der Waals surface area contributed by atoms with Crippen molar-refractivity contribution >= 4 is 0 Å². The highest BCUT2D eigenvalue weighted by molar-refractivity contribution is 5.26. The summed E-state index contributed by atoms with van der Waals surface area (Å²) in [6.07, 6.45) is 6.92. The molecule has 1 aromatic heterocycles. The highest BCUT2D eigenvalue weighted by Gasteiger charge is 2.14. The highest BCUT2D eigenvalue weighted by Crippen LogP contribution is 2.21. The smallest absolute Gasteiger partial charge is 0.130 e. The molecule has 0 spiro atoms. The zero-order chi connectivity index (χ0) is 11.5. The molecule has 1 aliphatic rings. The van der Waals surface area contributed by atoms with E-state index < -0.39 is 0 Å². The first-order chi connectivity index (χ1) is 7.66. The number of nitrogens with zero attached hydrogens (tertiary/aromatic N) is 2. The van der Waals surface area contributed by atoms with E-state index >= 15 is 0 Å². The van der Waals surface area contributed by atoms with Gasteiger partial charge in [-0.25, -0.2) is 9.97 Å². The molecule has 1 heterocycles. The first-order valence-electron chi connectivity index (χ1n) is 6.27. The summed E-state index contributed by atoms with van der Waals surface area (Å²) >= 11 is 0. The summed E-state index contributed by atoms with van der Waals surface area (Å²) in [6.45, 7) is 4.11. The van der Waals surface area contributed by atoms with Crippen molar-refractivity contribution in [2.45, 2.75) is 58.4 Å². The highest BCUT2D eigenvalue weighted by atomic mass is 14.9. The predicted molar refractivity (Wildman–Crippen MR) is 65.4 cm³/mol. The van der Waals surface area contributed by atoms with E-state index in [0.717, 1.165) is 25.1 Å². The number of fused-ring (bicyclic) bond motifs is 1. The Hall–Kier alpha value is -0.960. The quantitative estimate of drug-likeness (QED) is 0.773. The Balaban J connectivity index is 2.32. The summed E-state index contributed by atoms with van der Waals surface area (Å²) < 4.78 is 0. The van der Waals surface area contributed by atoms with Crippen LogP contribution in [0.3, 0.4) is 0 Å². The van der Waals surface area contributed by atoms with Crippen LogP contribution in [0.5, 0.6) is 0 Å². The van der Waals surface area contributed by atoms with Crippen LogP contribution in [0, 0.1) is 6.92 Å². The molecule has 2 rings (SSSR count). The van der Waals surface area contributed by atoms with E-state index in [-0.39, 0.29) is 6.04 Å². The summed E-state index contributed by atoms with van der Waals surface area (Å²) in [5.74, 6) is 0.924. The molecule has 0 saturated carbocycles. The lowest BCUT2D eigenvalue weighted by atomic mass is 10.1. The minimum Gasteiger partial charge on any atom is -0.328 e. The molecule has 3 nitrogen and oxygen atoms in total. The summed E-state index contributed by atoms with van der Waals surface area (Å²) in [5.41, 5.74) is 9.64. The Morgan fingerprint density at radius 1 is 1.19 bits per heavy atom. The number of aryl methyl sites for hydroxylation is 2. The lowest BCUT2D eigenvalue weighted by Gasteiger charge is -2.11. The van der Waals surface area contributed by atoms with Gasteiger partial charge in [0.1, 0.15) is 5.82 Å². The van der Waals surface area contributed by atoms with Gasteiger partial charge in [0.2, 0.25) is 0 Å². The van der Waals surface area contributed by atoms with E-state index in [9.17, 15) is 0 Å². The lowest BCUT2D eigenvalue weighted by Crippen LogP contribution is -2.20. The zero-order valence-corrected chi connectivity index (χ0v) is 10.3. The van der Waals surface area contributed by atoms with Crippen LogP contribution in [-0.2, 0) is 19.3 Å². The van der Waals surface area contributed by atoms with Crippen LogP contribution in [0.1, 0.15) is 49.0 Å². The molecule has 0 fully saturated rings. The molecule has 0 bridgehead atoms. The van der Waals surface area contributed by atoms with Crippen molar-refractivity contribution in [2.75, 3.05) is 0 Å². The van der Waals surface area contributed by atoms with Crippen molar-refractivity contribution in [1.82, 2.24) is 9.97 Å². The van der Waals surface area contributed by atoms with Gasteiger partial charge >= 0.3 is 0 Å². The summed E-state index contributed by atoms with van der Waals surface area (Å²) in [6, 6.07) is 0.142. The van der Waals surface area contributed by atoms with Gasteiger partial charge in [-0.2, -0.15) is 0 Å². The Kier molecular flexibility index (Phi) is 3.54. The van der Waals surface area contributed by atoms with Crippen LogP contribution in [0.4, 0.5) is 0 Å². The van der Waals surface area contributed by atoms with Crippen LogP contribution in [0.25, 0.3) is 0 Å². The van der Waals surface area contributed by atoms with Gasteiger partial charge in [0.05, 0.1) is 0 Å². The first kappa shape index (κ1) is 11.5. The average molecular weight is 219 g/mol. The number of hydrogen-bond acceptors (Lipinski definition) is 3. The lowest BCUT2D eigenvalue weighted by molar-refractivity contribution is 0.685. The van der Waals surface area contributed by atoms with Gasteiger partial charge < -0.3 is 5.73 Å². The van der Waals surface area contributed by atoms with Crippen LogP contribution in [-0.4, -0.2) is 16.0 Å². The molecule has 3 heteroatoms. The molecule has 0 saturated heterocycles. The molecule has 1 aromatic rings. The molecular formula is C13H21N3. The van der Waals surface area contributed by atoms with E-state index in [2.05, 4.69) is 16.9 Å². The van der Waals surface area contributed by atoms with Crippen LogP contribution in [0.2, 0.25) is 0 Å². The van der Waals surface area contributed by atoms with Gasteiger partial charge in [0.15, 0.2) is 0 Å². The second-order valence-electron chi connectivity index (χ2n) is 4.89. The zero-order valence-electron chi connectivity index (χ0n) is 10.3. The van der Waals surface area contributed by atoms with Crippen molar-refractivity contribution in [1.29, 1.82) is 0 Å². The van der Waals surface area contributed by atoms with Gasteiger partial charge in [0, 0.05) is 23.9 Å². The molecule has 0 radical (unpaired) electrons. The third kappa shape index (κ3) is 2.59. The number of nitrogens with two attached hydrogens (primary N) is 1. The minimum absolute atomic E-state index is 0.142. The first-order valence-corrected chi connectivity index (χ1v) is 6.27.